The van der Waals surface area contributed by atoms with Gasteiger partial charge in [-0.25, -0.2) is 4.39 Å². The summed E-state index contributed by atoms with van der Waals surface area (Å²) in [5.74, 6) is -3.04. The van der Waals surface area contributed by atoms with E-state index in [2.05, 4.69) is 5.32 Å². The van der Waals surface area contributed by atoms with Gasteiger partial charge in [0.1, 0.15) is 5.82 Å². The van der Waals surface area contributed by atoms with Crippen molar-refractivity contribution in [2.75, 3.05) is 6.54 Å². The molecule has 0 aliphatic heterocycles. The lowest BCUT2D eigenvalue weighted by Crippen LogP contribution is -2.29. The zero-order chi connectivity index (χ0) is 14.6. The number of amides is 1. The van der Waals surface area contributed by atoms with Gasteiger partial charge in [0.25, 0.3) is 5.91 Å². The van der Waals surface area contributed by atoms with Gasteiger partial charge in [-0.15, -0.1) is 0 Å². The van der Waals surface area contributed by atoms with Crippen molar-refractivity contribution in [1.29, 1.82) is 0 Å². The van der Waals surface area contributed by atoms with Crippen molar-refractivity contribution in [3.63, 3.8) is 0 Å². The van der Waals surface area contributed by atoms with Crippen molar-refractivity contribution in [3.05, 3.63) is 39.4 Å². The maximum atomic E-state index is 13.7. The summed E-state index contributed by atoms with van der Waals surface area (Å²) in [5.41, 5.74) is -1.70. The number of nitro groups is 1. The Balaban J connectivity index is 3.00. The first-order valence-electron chi connectivity index (χ1n) is 5.78. The van der Waals surface area contributed by atoms with Gasteiger partial charge in [-0.1, -0.05) is 20.3 Å². The number of halogens is 2. The first kappa shape index (κ1) is 15.0. The Labute approximate surface area is 108 Å². The normalized spacial score (nSPS) is 12.0. The zero-order valence-corrected chi connectivity index (χ0v) is 10.6. The molecule has 19 heavy (non-hydrogen) atoms. The van der Waals surface area contributed by atoms with Crippen LogP contribution in [0.15, 0.2) is 12.1 Å². The third kappa shape index (κ3) is 3.70. The van der Waals surface area contributed by atoms with E-state index in [1.54, 1.807) is 0 Å². The molecule has 104 valence electrons. The molecule has 5 nitrogen and oxygen atoms in total. The van der Waals surface area contributed by atoms with Crippen LogP contribution in [0.25, 0.3) is 0 Å². The van der Waals surface area contributed by atoms with Crippen molar-refractivity contribution in [1.82, 2.24) is 5.32 Å². The Morgan fingerprint density at radius 3 is 2.63 bits per heavy atom. The monoisotopic (exact) mass is 272 g/mol. The van der Waals surface area contributed by atoms with Crippen molar-refractivity contribution in [2.24, 2.45) is 5.92 Å². The largest absolute Gasteiger partial charge is 0.352 e. The summed E-state index contributed by atoms with van der Waals surface area (Å²) in [7, 11) is 0. The second kappa shape index (κ2) is 6.21. The average Bonchev–Trinajstić information content (AvgIpc) is 2.37. The van der Waals surface area contributed by atoms with Gasteiger partial charge in [0.05, 0.1) is 16.6 Å². The minimum absolute atomic E-state index is 0.176. The molecule has 0 fully saturated rings. The molecule has 1 N–H and O–H groups in total. The summed E-state index contributed by atoms with van der Waals surface area (Å²) in [6.07, 6.45) is 0.812. The van der Waals surface area contributed by atoms with Crippen LogP contribution in [0.1, 0.15) is 30.6 Å². The molecule has 1 aromatic carbocycles. The summed E-state index contributed by atoms with van der Waals surface area (Å²) < 4.78 is 26.8. The number of nitrogens with one attached hydrogen (secondary N) is 1. The number of hydrogen-bond acceptors (Lipinski definition) is 3. The highest BCUT2D eigenvalue weighted by Gasteiger charge is 2.24. The van der Waals surface area contributed by atoms with Crippen LogP contribution in [-0.2, 0) is 0 Å². The Hall–Kier alpha value is -2.05. The van der Waals surface area contributed by atoms with Gasteiger partial charge in [-0.05, 0) is 12.0 Å². The third-order valence-electron chi connectivity index (χ3n) is 2.77. The molecule has 7 heteroatoms. The van der Waals surface area contributed by atoms with E-state index in [1.807, 2.05) is 13.8 Å². The average molecular weight is 272 g/mol. The maximum absolute atomic E-state index is 13.7. The predicted molar refractivity (Wildman–Crippen MR) is 64.8 cm³/mol. The molecule has 1 rings (SSSR count). The molecule has 0 bridgehead atoms. The Morgan fingerprint density at radius 1 is 1.47 bits per heavy atom. The molecule has 0 spiro atoms. The van der Waals surface area contributed by atoms with Crippen molar-refractivity contribution < 1.29 is 18.5 Å². The maximum Gasteiger partial charge on any atom is 0.308 e. The second-order valence-corrected chi connectivity index (χ2v) is 4.27. The van der Waals surface area contributed by atoms with Crippen LogP contribution in [0, 0.1) is 27.7 Å². The van der Waals surface area contributed by atoms with E-state index >= 15 is 0 Å². The fraction of sp³-hybridized carbons (Fsp3) is 0.417. The first-order valence-corrected chi connectivity index (χ1v) is 5.78. The predicted octanol–water partition coefficient (Wildman–Crippen LogP) is 2.65. The first-order chi connectivity index (χ1) is 8.86. The van der Waals surface area contributed by atoms with E-state index in [1.165, 1.54) is 0 Å². The van der Waals surface area contributed by atoms with E-state index in [4.69, 9.17) is 0 Å². The standard InChI is InChI=1S/C12H14F2N2O3/c1-3-7(2)6-15-12(17)9-4-8(13)5-10(11(9)14)16(18)19/h4-5,7H,3,6H2,1-2H3,(H,15,17). The Kier molecular flexibility index (Phi) is 4.91. The minimum atomic E-state index is -1.33. The van der Waals surface area contributed by atoms with Gasteiger partial charge in [-0.2, -0.15) is 4.39 Å². The zero-order valence-electron chi connectivity index (χ0n) is 10.6. The van der Waals surface area contributed by atoms with Crippen LogP contribution in [-0.4, -0.2) is 17.4 Å². The van der Waals surface area contributed by atoms with Crippen LogP contribution in [0.5, 0.6) is 0 Å². The summed E-state index contributed by atoms with van der Waals surface area (Å²) in [6.45, 7) is 4.09. The van der Waals surface area contributed by atoms with E-state index in [9.17, 15) is 23.7 Å². The van der Waals surface area contributed by atoms with Gasteiger partial charge >= 0.3 is 5.69 Å². The van der Waals surface area contributed by atoms with Crippen LogP contribution in [0.3, 0.4) is 0 Å². The molecule has 1 unspecified atom stereocenters. The summed E-state index contributed by atoms with van der Waals surface area (Å²) in [6, 6.07) is 1.09. The van der Waals surface area contributed by atoms with Gasteiger partial charge in [0.15, 0.2) is 0 Å². The smallest absolute Gasteiger partial charge is 0.308 e. The molecule has 0 heterocycles. The quantitative estimate of drug-likeness (QED) is 0.661. The molecule has 0 aromatic heterocycles. The van der Waals surface area contributed by atoms with Crippen LogP contribution < -0.4 is 5.32 Å². The summed E-state index contributed by atoms with van der Waals surface area (Å²) >= 11 is 0. The molecule has 1 amide bonds. The van der Waals surface area contributed by atoms with E-state index in [0.717, 1.165) is 6.42 Å². The third-order valence-corrected chi connectivity index (χ3v) is 2.77. The fourth-order valence-electron chi connectivity index (χ4n) is 1.38. The van der Waals surface area contributed by atoms with Crippen LogP contribution in [0.2, 0.25) is 0 Å². The lowest BCUT2D eigenvalue weighted by atomic mass is 10.1. The molecule has 0 saturated heterocycles. The lowest BCUT2D eigenvalue weighted by Gasteiger charge is -2.10. The molecule has 0 saturated carbocycles. The highest BCUT2D eigenvalue weighted by atomic mass is 19.1. The molecule has 1 atom stereocenters. The van der Waals surface area contributed by atoms with E-state index in [-0.39, 0.29) is 5.92 Å². The topological polar surface area (TPSA) is 72.2 Å². The highest BCUT2D eigenvalue weighted by molar-refractivity contribution is 5.95. The number of carbonyl (C=O) groups excluding carboxylic acids is 1. The Bertz CT molecular complexity index is 506. The molecular weight excluding hydrogens is 258 g/mol. The second-order valence-electron chi connectivity index (χ2n) is 4.27. The van der Waals surface area contributed by atoms with Gasteiger partial charge < -0.3 is 5.32 Å². The number of hydrogen-bond donors (Lipinski definition) is 1. The minimum Gasteiger partial charge on any atom is -0.352 e. The molecule has 0 radical (unpaired) electrons. The van der Waals surface area contributed by atoms with Crippen LogP contribution in [0.4, 0.5) is 14.5 Å². The van der Waals surface area contributed by atoms with Gasteiger partial charge in [0, 0.05) is 6.54 Å². The van der Waals surface area contributed by atoms with E-state index in [0.29, 0.717) is 18.7 Å². The van der Waals surface area contributed by atoms with Gasteiger partial charge in [-0.3, -0.25) is 14.9 Å². The fourth-order valence-corrected chi connectivity index (χ4v) is 1.38. The number of benzene rings is 1. The number of rotatable bonds is 5. The number of nitro benzene ring substituents is 1. The number of nitrogens with zero attached hydrogens (tertiary/aromatic N) is 1. The Morgan fingerprint density at radius 2 is 2.11 bits per heavy atom. The van der Waals surface area contributed by atoms with Crippen LogP contribution >= 0.6 is 0 Å². The highest BCUT2D eigenvalue weighted by Crippen LogP contribution is 2.22. The summed E-state index contributed by atoms with van der Waals surface area (Å²) in [5, 5.41) is 12.9. The van der Waals surface area contributed by atoms with Gasteiger partial charge in [0.2, 0.25) is 5.82 Å². The summed E-state index contributed by atoms with van der Waals surface area (Å²) in [4.78, 5) is 21.1. The molecule has 1 aromatic rings. The lowest BCUT2D eigenvalue weighted by molar-refractivity contribution is -0.387. The van der Waals surface area contributed by atoms with Crippen molar-refractivity contribution in [2.45, 2.75) is 20.3 Å². The number of carbonyl (C=O) groups is 1. The van der Waals surface area contributed by atoms with Crippen molar-refractivity contribution in [3.8, 4) is 0 Å². The van der Waals surface area contributed by atoms with E-state index < -0.39 is 33.7 Å². The molecule has 0 aliphatic carbocycles. The SMILES string of the molecule is CCC(C)CNC(=O)c1cc(F)cc([N+](=O)[O-])c1F. The molecule has 0 aliphatic rings. The molecular formula is C12H14F2N2O3. The van der Waals surface area contributed by atoms with Crippen molar-refractivity contribution >= 4 is 11.6 Å².